The summed E-state index contributed by atoms with van der Waals surface area (Å²) in [7, 11) is 0. The molecule has 4 nitrogen and oxygen atoms in total. The van der Waals surface area contributed by atoms with Crippen LogP contribution in [0.3, 0.4) is 0 Å². The van der Waals surface area contributed by atoms with Crippen LogP contribution < -0.4 is 4.74 Å². The fraction of sp³-hybridized carbons (Fsp3) is 0.417. The average Bonchev–Trinajstić information content (AvgIpc) is 2.26. The maximum absolute atomic E-state index is 12.4. The number of ether oxygens (including phenoxy) is 1. The van der Waals surface area contributed by atoms with Crippen molar-refractivity contribution in [3.05, 3.63) is 28.8 Å². The minimum absolute atomic E-state index is 0.0319. The molecule has 1 saturated heterocycles. The van der Waals surface area contributed by atoms with Crippen molar-refractivity contribution in [2.45, 2.75) is 6.18 Å². The van der Waals surface area contributed by atoms with E-state index in [4.69, 9.17) is 21.4 Å². The zero-order chi connectivity index (χ0) is 14.9. The van der Waals surface area contributed by atoms with E-state index in [9.17, 15) is 18.0 Å². The van der Waals surface area contributed by atoms with E-state index in [1.54, 1.807) is 0 Å². The number of halogens is 4. The molecule has 110 valence electrons. The number of hydrogen-bond donors (Lipinski definition) is 1. The first-order chi connectivity index (χ1) is 9.27. The predicted molar refractivity (Wildman–Crippen MR) is 65.0 cm³/mol. The molecule has 1 heterocycles. The Morgan fingerprint density at radius 2 is 2.10 bits per heavy atom. The molecule has 1 aliphatic heterocycles. The summed E-state index contributed by atoms with van der Waals surface area (Å²) in [5.41, 5.74) is -0.837. The molecule has 1 aromatic carbocycles. The van der Waals surface area contributed by atoms with Crippen LogP contribution in [0.4, 0.5) is 18.0 Å². The summed E-state index contributed by atoms with van der Waals surface area (Å²) in [5, 5.41) is 8.53. The minimum atomic E-state index is -4.45. The second-order valence-corrected chi connectivity index (χ2v) is 4.91. The fourth-order valence-corrected chi connectivity index (χ4v) is 2.07. The van der Waals surface area contributed by atoms with Gasteiger partial charge in [0.2, 0.25) is 0 Å². The molecule has 1 aliphatic rings. The molecule has 20 heavy (non-hydrogen) atoms. The molecule has 1 amide bonds. The van der Waals surface area contributed by atoms with Gasteiger partial charge in [0.15, 0.2) is 0 Å². The molecule has 0 unspecified atom stereocenters. The lowest BCUT2D eigenvalue weighted by molar-refractivity contribution is -0.137. The van der Waals surface area contributed by atoms with Gasteiger partial charge in [-0.1, -0.05) is 11.6 Å². The average molecular weight is 310 g/mol. The molecule has 0 spiro atoms. The van der Waals surface area contributed by atoms with E-state index in [1.165, 1.54) is 11.0 Å². The van der Waals surface area contributed by atoms with Crippen LogP contribution in [0.25, 0.3) is 0 Å². The lowest BCUT2D eigenvalue weighted by Crippen LogP contribution is -2.51. The van der Waals surface area contributed by atoms with Crippen molar-refractivity contribution in [3.63, 3.8) is 0 Å². The molecule has 0 radical (unpaired) electrons. The summed E-state index contributed by atoms with van der Waals surface area (Å²) in [4.78, 5) is 11.8. The van der Waals surface area contributed by atoms with Crippen molar-refractivity contribution < 1.29 is 27.8 Å². The summed E-state index contributed by atoms with van der Waals surface area (Å²) in [5.74, 6) is 0.193. The van der Waals surface area contributed by atoms with Gasteiger partial charge in [0.25, 0.3) is 0 Å². The highest BCUT2D eigenvalue weighted by Gasteiger charge is 2.32. The number of nitrogens with zero attached hydrogens (tertiary/aromatic N) is 1. The highest BCUT2D eigenvalue weighted by Crippen LogP contribution is 2.35. The van der Waals surface area contributed by atoms with E-state index in [1.807, 2.05) is 0 Å². The topological polar surface area (TPSA) is 49.8 Å². The van der Waals surface area contributed by atoms with E-state index < -0.39 is 17.8 Å². The van der Waals surface area contributed by atoms with Gasteiger partial charge in [-0.3, -0.25) is 0 Å². The smallest absolute Gasteiger partial charge is 0.416 e. The third-order valence-electron chi connectivity index (χ3n) is 2.96. The van der Waals surface area contributed by atoms with Gasteiger partial charge in [-0.2, -0.15) is 13.2 Å². The van der Waals surface area contributed by atoms with Crippen LogP contribution >= 0.6 is 11.6 Å². The molecule has 0 saturated carbocycles. The molecule has 1 fully saturated rings. The summed E-state index contributed by atoms with van der Waals surface area (Å²) in [6, 6.07) is 2.87. The van der Waals surface area contributed by atoms with Gasteiger partial charge in [0.1, 0.15) is 5.75 Å². The first-order valence-corrected chi connectivity index (χ1v) is 6.12. The Kier molecular flexibility index (Phi) is 3.99. The number of alkyl halides is 3. The largest absolute Gasteiger partial charge is 0.492 e. The number of likely N-dealkylation sites (tertiary alicyclic amines) is 1. The number of hydrogen-bond acceptors (Lipinski definition) is 2. The number of rotatable bonds is 3. The Labute approximate surface area is 117 Å². The van der Waals surface area contributed by atoms with Crippen molar-refractivity contribution in [2.75, 3.05) is 19.7 Å². The third kappa shape index (κ3) is 3.27. The zero-order valence-corrected chi connectivity index (χ0v) is 10.9. The Bertz CT molecular complexity index is 515. The predicted octanol–water partition coefficient (Wildman–Crippen LogP) is 3.35. The van der Waals surface area contributed by atoms with Gasteiger partial charge in [-0.15, -0.1) is 0 Å². The highest BCUT2D eigenvalue weighted by molar-refractivity contribution is 6.32. The SMILES string of the molecule is O=C(O)N1CC(COc2ccc(C(F)(F)F)cc2Cl)C1. The van der Waals surface area contributed by atoms with E-state index >= 15 is 0 Å². The molecule has 8 heteroatoms. The second-order valence-electron chi connectivity index (χ2n) is 4.51. The Morgan fingerprint density at radius 3 is 2.60 bits per heavy atom. The molecule has 0 atom stereocenters. The first-order valence-electron chi connectivity index (χ1n) is 5.75. The summed E-state index contributed by atoms with van der Waals surface area (Å²) < 4.78 is 42.6. The van der Waals surface area contributed by atoms with Crippen LogP contribution in [0.2, 0.25) is 5.02 Å². The molecular weight excluding hydrogens is 299 g/mol. The van der Waals surface area contributed by atoms with Crippen molar-refractivity contribution in [1.29, 1.82) is 0 Å². The van der Waals surface area contributed by atoms with Gasteiger partial charge in [-0.05, 0) is 18.2 Å². The Morgan fingerprint density at radius 1 is 1.45 bits per heavy atom. The minimum Gasteiger partial charge on any atom is -0.492 e. The lowest BCUT2D eigenvalue weighted by atomic mass is 10.0. The maximum atomic E-state index is 12.4. The van der Waals surface area contributed by atoms with E-state index in [0.717, 1.165) is 12.1 Å². The normalized spacial score (nSPS) is 15.9. The second kappa shape index (κ2) is 5.40. The number of carboxylic acid groups (broad SMARTS) is 1. The Balaban J connectivity index is 1.90. The first kappa shape index (κ1) is 14.8. The molecule has 0 bridgehead atoms. The van der Waals surface area contributed by atoms with E-state index in [-0.39, 0.29) is 23.3 Å². The van der Waals surface area contributed by atoms with Gasteiger partial charge < -0.3 is 14.7 Å². The van der Waals surface area contributed by atoms with Crippen molar-refractivity contribution >= 4 is 17.7 Å². The summed E-state index contributed by atoms with van der Waals surface area (Å²) in [6.45, 7) is 0.927. The maximum Gasteiger partial charge on any atom is 0.416 e. The van der Waals surface area contributed by atoms with Gasteiger partial charge >= 0.3 is 12.3 Å². The zero-order valence-electron chi connectivity index (χ0n) is 10.2. The van der Waals surface area contributed by atoms with Gasteiger partial charge in [0.05, 0.1) is 17.2 Å². The molecule has 1 N–H and O–H groups in total. The molecule has 2 rings (SSSR count). The van der Waals surface area contributed by atoms with Crippen LogP contribution in [-0.4, -0.2) is 35.8 Å². The quantitative estimate of drug-likeness (QED) is 0.931. The summed E-state index contributed by atoms with van der Waals surface area (Å²) >= 11 is 5.73. The molecule has 0 aromatic heterocycles. The van der Waals surface area contributed by atoms with Gasteiger partial charge in [-0.25, -0.2) is 4.79 Å². The van der Waals surface area contributed by atoms with E-state index in [2.05, 4.69) is 0 Å². The van der Waals surface area contributed by atoms with Crippen molar-refractivity contribution in [2.24, 2.45) is 5.92 Å². The van der Waals surface area contributed by atoms with Crippen LogP contribution in [0, 0.1) is 5.92 Å². The number of carbonyl (C=O) groups is 1. The highest BCUT2D eigenvalue weighted by atomic mass is 35.5. The lowest BCUT2D eigenvalue weighted by Gasteiger charge is -2.36. The molecule has 0 aliphatic carbocycles. The molecule has 1 aromatic rings. The Hall–Kier alpha value is -1.63. The van der Waals surface area contributed by atoms with Crippen molar-refractivity contribution in [1.82, 2.24) is 4.90 Å². The number of amides is 1. The fourth-order valence-electron chi connectivity index (χ4n) is 1.83. The molecular formula is C12H11ClF3NO3. The van der Waals surface area contributed by atoms with Crippen LogP contribution in [0.5, 0.6) is 5.75 Å². The summed E-state index contributed by atoms with van der Waals surface area (Å²) in [6.07, 6.45) is -5.44. The van der Waals surface area contributed by atoms with Crippen LogP contribution in [0.15, 0.2) is 18.2 Å². The third-order valence-corrected chi connectivity index (χ3v) is 3.26. The monoisotopic (exact) mass is 309 g/mol. The van der Waals surface area contributed by atoms with E-state index in [0.29, 0.717) is 13.1 Å². The standard InChI is InChI=1S/C12H11ClF3NO3/c13-9-3-8(12(14,15)16)1-2-10(9)20-6-7-4-17(5-7)11(18)19/h1-3,7H,4-6H2,(H,18,19). The number of benzene rings is 1. The van der Waals surface area contributed by atoms with Crippen LogP contribution in [0.1, 0.15) is 5.56 Å². The van der Waals surface area contributed by atoms with Gasteiger partial charge in [0, 0.05) is 19.0 Å². The van der Waals surface area contributed by atoms with Crippen LogP contribution in [-0.2, 0) is 6.18 Å². The van der Waals surface area contributed by atoms with Crippen molar-refractivity contribution in [3.8, 4) is 5.75 Å².